The molecule has 0 radical (unpaired) electrons. The van der Waals surface area contributed by atoms with E-state index < -0.39 is 0 Å². The van der Waals surface area contributed by atoms with Crippen LogP contribution < -0.4 is 5.32 Å². The number of carbonyl (C=O) groups is 1. The van der Waals surface area contributed by atoms with Gasteiger partial charge in [0.1, 0.15) is 0 Å². The molecule has 1 N–H and O–H groups in total. The molecule has 1 amide bonds. The van der Waals surface area contributed by atoms with E-state index >= 15 is 0 Å². The monoisotopic (exact) mass is 337 g/mol. The summed E-state index contributed by atoms with van der Waals surface area (Å²) in [7, 11) is 0. The maximum absolute atomic E-state index is 11.8. The predicted octanol–water partition coefficient (Wildman–Crippen LogP) is 5.13. The minimum atomic E-state index is -0.0672. The fraction of sp³-hybridized carbons (Fsp3) is 0.417. The van der Waals surface area contributed by atoms with E-state index in [9.17, 15) is 4.79 Å². The second-order valence-corrected chi connectivity index (χ2v) is 6.73. The Morgan fingerprint density at radius 3 is 2.41 bits per heavy atom. The van der Waals surface area contributed by atoms with Crippen molar-refractivity contribution in [1.29, 1.82) is 0 Å². The number of anilines is 1. The normalized spacial score (nSPS) is 11.4. The Balaban J connectivity index is 2.86. The van der Waals surface area contributed by atoms with Gasteiger partial charge in [-0.15, -0.1) is 0 Å². The maximum Gasteiger partial charge on any atom is 0.224 e. The van der Waals surface area contributed by atoms with E-state index in [1.807, 2.05) is 20.8 Å². The van der Waals surface area contributed by atoms with Crippen molar-refractivity contribution in [2.24, 2.45) is 5.41 Å². The van der Waals surface area contributed by atoms with Crippen LogP contribution in [0.1, 0.15) is 27.2 Å². The smallest absolute Gasteiger partial charge is 0.224 e. The molecule has 0 bridgehead atoms. The lowest BCUT2D eigenvalue weighted by atomic mass is 9.92. The summed E-state index contributed by atoms with van der Waals surface area (Å²) >= 11 is 15.2. The van der Waals surface area contributed by atoms with Crippen LogP contribution in [0.3, 0.4) is 0 Å². The third kappa shape index (κ3) is 4.86. The first kappa shape index (κ1) is 14.8. The standard InChI is InChI=1S/C12H14BrCl2NO/c1-12(2,3)6-10(17)16-11-8(13)4-7(14)5-9(11)15/h4-5H,6H2,1-3H3,(H,16,17). The van der Waals surface area contributed by atoms with E-state index in [4.69, 9.17) is 23.2 Å². The first-order valence-corrected chi connectivity index (χ1v) is 6.68. The van der Waals surface area contributed by atoms with Gasteiger partial charge in [-0.2, -0.15) is 0 Å². The quantitative estimate of drug-likeness (QED) is 0.795. The van der Waals surface area contributed by atoms with Crippen LogP contribution in [0.15, 0.2) is 16.6 Å². The molecule has 0 saturated heterocycles. The molecule has 2 nitrogen and oxygen atoms in total. The molecule has 5 heteroatoms. The van der Waals surface area contributed by atoms with Crippen molar-refractivity contribution in [3.05, 3.63) is 26.7 Å². The Labute approximate surface area is 120 Å². The molecular formula is C12H14BrCl2NO. The van der Waals surface area contributed by atoms with Crippen molar-refractivity contribution >= 4 is 50.7 Å². The minimum absolute atomic E-state index is 0.0601. The van der Waals surface area contributed by atoms with Gasteiger partial charge in [0.2, 0.25) is 5.91 Å². The number of nitrogens with one attached hydrogen (secondary N) is 1. The lowest BCUT2D eigenvalue weighted by Crippen LogP contribution is -2.20. The van der Waals surface area contributed by atoms with Crippen molar-refractivity contribution in [3.8, 4) is 0 Å². The summed E-state index contributed by atoms with van der Waals surface area (Å²) < 4.78 is 0.678. The van der Waals surface area contributed by atoms with Gasteiger partial charge in [-0.3, -0.25) is 4.79 Å². The van der Waals surface area contributed by atoms with Crippen molar-refractivity contribution in [2.45, 2.75) is 27.2 Å². The summed E-state index contributed by atoms with van der Waals surface area (Å²) in [6.07, 6.45) is 0.429. The molecular weight excluding hydrogens is 325 g/mol. The average molecular weight is 339 g/mol. The highest BCUT2D eigenvalue weighted by atomic mass is 79.9. The van der Waals surface area contributed by atoms with E-state index in [2.05, 4.69) is 21.2 Å². The van der Waals surface area contributed by atoms with Crippen LogP contribution in [-0.4, -0.2) is 5.91 Å². The van der Waals surface area contributed by atoms with E-state index in [1.165, 1.54) is 0 Å². The molecule has 0 aromatic heterocycles. The molecule has 0 heterocycles. The lowest BCUT2D eigenvalue weighted by molar-refractivity contribution is -0.117. The molecule has 1 aromatic carbocycles. The Bertz CT molecular complexity index is 418. The van der Waals surface area contributed by atoms with Gasteiger partial charge in [-0.1, -0.05) is 44.0 Å². The Kier molecular flexibility index (Phi) is 4.87. The van der Waals surface area contributed by atoms with Gasteiger partial charge < -0.3 is 5.32 Å². The molecule has 0 saturated carbocycles. The third-order valence-electron chi connectivity index (χ3n) is 1.96. The van der Waals surface area contributed by atoms with Crippen LogP contribution in [0, 0.1) is 5.41 Å². The highest BCUT2D eigenvalue weighted by Gasteiger charge is 2.18. The number of amides is 1. The SMILES string of the molecule is CC(C)(C)CC(=O)Nc1c(Cl)cc(Cl)cc1Br. The number of hydrogen-bond acceptors (Lipinski definition) is 1. The van der Waals surface area contributed by atoms with Gasteiger partial charge >= 0.3 is 0 Å². The van der Waals surface area contributed by atoms with Crippen LogP contribution in [-0.2, 0) is 4.79 Å². The molecule has 0 spiro atoms. The average Bonchev–Trinajstić information content (AvgIpc) is 2.08. The number of halogens is 3. The molecule has 0 atom stereocenters. The van der Waals surface area contributed by atoms with Gasteiger partial charge in [-0.25, -0.2) is 0 Å². The summed E-state index contributed by atoms with van der Waals surface area (Å²) in [6, 6.07) is 3.29. The van der Waals surface area contributed by atoms with Crippen molar-refractivity contribution < 1.29 is 4.79 Å². The zero-order valence-electron chi connectivity index (χ0n) is 9.90. The van der Waals surface area contributed by atoms with Gasteiger partial charge in [-0.05, 0) is 33.5 Å². The molecule has 1 aromatic rings. The topological polar surface area (TPSA) is 29.1 Å². The zero-order valence-corrected chi connectivity index (χ0v) is 13.0. The summed E-state index contributed by atoms with van der Waals surface area (Å²) in [4.78, 5) is 11.8. The highest BCUT2D eigenvalue weighted by molar-refractivity contribution is 9.10. The highest BCUT2D eigenvalue weighted by Crippen LogP contribution is 2.34. The molecule has 17 heavy (non-hydrogen) atoms. The molecule has 0 aliphatic carbocycles. The van der Waals surface area contributed by atoms with Crippen LogP contribution in [0.5, 0.6) is 0 Å². The number of hydrogen-bond donors (Lipinski definition) is 1. The fourth-order valence-corrected chi connectivity index (χ4v) is 2.67. The largest absolute Gasteiger partial charge is 0.324 e. The predicted molar refractivity (Wildman–Crippen MR) is 76.9 cm³/mol. The van der Waals surface area contributed by atoms with Gasteiger partial charge in [0.05, 0.1) is 10.7 Å². The van der Waals surface area contributed by atoms with Crippen molar-refractivity contribution in [2.75, 3.05) is 5.32 Å². The zero-order chi connectivity index (χ0) is 13.2. The summed E-state index contributed by atoms with van der Waals surface area (Å²) in [5, 5.41) is 3.73. The Morgan fingerprint density at radius 2 is 1.94 bits per heavy atom. The van der Waals surface area contributed by atoms with Crippen LogP contribution in [0.4, 0.5) is 5.69 Å². The minimum Gasteiger partial charge on any atom is -0.324 e. The summed E-state index contributed by atoms with van der Waals surface area (Å²) in [5.41, 5.74) is 0.500. The fourth-order valence-electron chi connectivity index (χ4n) is 1.33. The molecule has 0 unspecified atom stereocenters. The first-order chi connectivity index (χ1) is 7.69. The Morgan fingerprint density at radius 1 is 1.35 bits per heavy atom. The van der Waals surface area contributed by atoms with E-state index in [0.717, 1.165) is 0 Å². The van der Waals surface area contributed by atoms with E-state index in [-0.39, 0.29) is 11.3 Å². The lowest BCUT2D eigenvalue weighted by Gasteiger charge is -2.18. The van der Waals surface area contributed by atoms with Crippen LogP contribution in [0.2, 0.25) is 10.0 Å². The van der Waals surface area contributed by atoms with Gasteiger partial charge in [0.25, 0.3) is 0 Å². The van der Waals surface area contributed by atoms with Crippen molar-refractivity contribution in [3.63, 3.8) is 0 Å². The molecule has 0 aliphatic rings. The van der Waals surface area contributed by atoms with Crippen molar-refractivity contribution in [1.82, 2.24) is 0 Å². The van der Waals surface area contributed by atoms with E-state index in [1.54, 1.807) is 12.1 Å². The Hall–Kier alpha value is -0.250. The number of benzene rings is 1. The van der Waals surface area contributed by atoms with Crippen LogP contribution >= 0.6 is 39.1 Å². The summed E-state index contributed by atoms with van der Waals surface area (Å²) in [5.74, 6) is -0.0672. The second-order valence-electron chi connectivity index (χ2n) is 5.03. The third-order valence-corrected chi connectivity index (χ3v) is 3.10. The second kappa shape index (κ2) is 5.59. The first-order valence-electron chi connectivity index (χ1n) is 5.13. The van der Waals surface area contributed by atoms with E-state index in [0.29, 0.717) is 26.6 Å². The van der Waals surface area contributed by atoms with Gasteiger partial charge in [0.15, 0.2) is 0 Å². The number of carbonyl (C=O) groups excluding carboxylic acids is 1. The maximum atomic E-state index is 11.8. The molecule has 0 aliphatic heterocycles. The molecule has 0 fully saturated rings. The van der Waals surface area contributed by atoms with Gasteiger partial charge in [0, 0.05) is 15.9 Å². The molecule has 1 rings (SSSR count). The summed E-state index contributed by atoms with van der Waals surface area (Å²) in [6.45, 7) is 6.02. The number of rotatable bonds is 2. The van der Waals surface area contributed by atoms with Crippen LogP contribution in [0.25, 0.3) is 0 Å². The molecule has 94 valence electrons.